The molecule has 0 aliphatic carbocycles. The van der Waals surface area contributed by atoms with Crippen molar-refractivity contribution in [1.29, 1.82) is 0 Å². The van der Waals surface area contributed by atoms with Crippen LogP contribution in [0.25, 0.3) is 0 Å². The van der Waals surface area contributed by atoms with E-state index in [2.05, 4.69) is 35.0 Å². The van der Waals surface area contributed by atoms with E-state index in [1.807, 2.05) is 48.2 Å². The highest BCUT2D eigenvalue weighted by atomic mass is 79.9. The summed E-state index contributed by atoms with van der Waals surface area (Å²) < 4.78 is 0.987. The second-order valence-corrected chi connectivity index (χ2v) is 8.06. The third-order valence-corrected chi connectivity index (χ3v) is 5.62. The van der Waals surface area contributed by atoms with Crippen LogP contribution in [0.15, 0.2) is 57.9 Å². The molecule has 0 heterocycles. The van der Waals surface area contributed by atoms with Gasteiger partial charge in [-0.1, -0.05) is 55.0 Å². The SMILES string of the molecule is CCCCCCCCSc1ccc(C(=O)c2ccc(Br)cc2)cc1. The molecular weight excluding hydrogens is 380 g/mol. The third-order valence-electron chi connectivity index (χ3n) is 3.99. The number of ketones is 1. The number of thioether (sulfide) groups is 1. The molecule has 0 bridgehead atoms. The highest BCUT2D eigenvalue weighted by Crippen LogP contribution is 2.22. The minimum atomic E-state index is 0.0787. The Labute approximate surface area is 158 Å². The van der Waals surface area contributed by atoms with Crippen LogP contribution in [0.4, 0.5) is 0 Å². The van der Waals surface area contributed by atoms with Crippen LogP contribution in [-0.2, 0) is 0 Å². The van der Waals surface area contributed by atoms with E-state index < -0.39 is 0 Å². The van der Waals surface area contributed by atoms with E-state index in [1.54, 1.807) is 0 Å². The number of unbranched alkanes of at least 4 members (excludes halogenated alkanes) is 5. The van der Waals surface area contributed by atoms with Gasteiger partial charge in [0.25, 0.3) is 0 Å². The smallest absolute Gasteiger partial charge is 0.193 e. The van der Waals surface area contributed by atoms with Gasteiger partial charge in [-0.2, -0.15) is 0 Å². The summed E-state index contributed by atoms with van der Waals surface area (Å²) in [5, 5.41) is 0. The van der Waals surface area contributed by atoms with E-state index in [4.69, 9.17) is 0 Å². The molecule has 0 spiro atoms. The van der Waals surface area contributed by atoms with Crippen LogP contribution in [0.1, 0.15) is 61.4 Å². The number of hydrogen-bond donors (Lipinski definition) is 0. The van der Waals surface area contributed by atoms with Gasteiger partial charge in [-0.25, -0.2) is 0 Å². The van der Waals surface area contributed by atoms with Crippen molar-refractivity contribution in [2.45, 2.75) is 50.3 Å². The summed E-state index contributed by atoms with van der Waals surface area (Å²) in [6.07, 6.45) is 7.99. The van der Waals surface area contributed by atoms with E-state index in [9.17, 15) is 4.79 Å². The van der Waals surface area contributed by atoms with Crippen molar-refractivity contribution in [1.82, 2.24) is 0 Å². The van der Waals surface area contributed by atoms with Crippen molar-refractivity contribution in [2.75, 3.05) is 5.75 Å². The summed E-state index contributed by atoms with van der Waals surface area (Å²) in [4.78, 5) is 13.7. The van der Waals surface area contributed by atoms with Gasteiger partial charge >= 0.3 is 0 Å². The highest BCUT2D eigenvalue weighted by Gasteiger charge is 2.08. The largest absolute Gasteiger partial charge is 0.289 e. The molecule has 0 atom stereocenters. The highest BCUT2D eigenvalue weighted by molar-refractivity contribution is 9.10. The quantitative estimate of drug-likeness (QED) is 0.238. The lowest BCUT2D eigenvalue weighted by Gasteiger charge is -2.05. The first-order valence-electron chi connectivity index (χ1n) is 8.74. The predicted molar refractivity (Wildman–Crippen MR) is 108 cm³/mol. The number of benzene rings is 2. The topological polar surface area (TPSA) is 17.1 Å². The van der Waals surface area contributed by atoms with Crippen molar-refractivity contribution in [3.05, 3.63) is 64.1 Å². The van der Waals surface area contributed by atoms with Crippen molar-refractivity contribution >= 4 is 33.5 Å². The molecule has 0 fully saturated rings. The Morgan fingerprint density at radius 2 is 1.38 bits per heavy atom. The normalized spacial score (nSPS) is 10.8. The number of halogens is 1. The summed E-state index contributed by atoms with van der Waals surface area (Å²) in [7, 11) is 0. The zero-order valence-corrected chi connectivity index (χ0v) is 16.7. The van der Waals surface area contributed by atoms with Gasteiger partial charge in [-0.3, -0.25) is 4.79 Å². The molecule has 2 aromatic carbocycles. The Morgan fingerprint density at radius 3 is 2.00 bits per heavy atom. The average molecular weight is 405 g/mol. The van der Waals surface area contributed by atoms with Crippen LogP contribution >= 0.6 is 27.7 Å². The number of carbonyl (C=O) groups is 1. The summed E-state index contributed by atoms with van der Waals surface area (Å²) in [6.45, 7) is 2.25. The third kappa shape index (κ3) is 6.45. The maximum absolute atomic E-state index is 12.4. The molecule has 1 nitrogen and oxygen atoms in total. The Morgan fingerprint density at radius 1 is 0.833 bits per heavy atom. The molecule has 0 aliphatic rings. The summed E-state index contributed by atoms with van der Waals surface area (Å²) in [6, 6.07) is 15.5. The van der Waals surface area contributed by atoms with Crippen LogP contribution in [0.5, 0.6) is 0 Å². The van der Waals surface area contributed by atoms with Crippen molar-refractivity contribution in [3.63, 3.8) is 0 Å². The average Bonchev–Trinajstić information content (AvgIpc) is 2.61. The number of rotatable bonds is 10. The van der Waals surface area contributed by atoms with Gasteiger partial charge in [0.2, 0.25) is 0 Å². The Bertz CT molecular complexity index is 619. The molecule has 0 N–H and O–H groups in total. The lowest BCUT2D eigenvalue weighted by molar-refractivity contribution is 0.103. The summed E-state index contributed by atoms with van der Waals surface area (Å²) in [5.74, 6) is 1.24. The molecule has 2 rings (SSSR count). The molecule has 128 valence electrons. The molecular formula is C21H25BrOS. The zero-order chi connectivity index (χ0) is 17.2. The lowest BCUT2D eigenvalue weighted by Crippen LogP contribution is -2.00. The first-order valence-corrected chi connectivity index (χ1v) is 10.5. The molecule has 0 aliphatic heterocycles. The van der Waals surface area contributed by atoms with Crippen molar-refractivity contribution in [3.8, 4) is 0 Å². The minimum absolute atomic E-state index is 0.0787. The van der Waals surface area contributed by atoms with Gasteiger partial charge < -0.3 is 0 Å². The Hall–Kier alpha value is -1.06. The van der Waals surface area contributed by atoms with Gasteiger partial charge in [-0.15, -0.1) is 11.8 Å². The fraction of sp³-hybridized carbons (Fsp3) is 0.381. The molecule has 0 amide bonds. The van der Waals surface area contributed by atoms with E-state index in [0.29, 0.717) is 0 Å². The molecule has 3 heteroatoms. The maximum atomic E-state index is 12.4. The van der Waals surface area contributed by atoms with E-state index >= 15 is 0 Å². The monoisotopic (exact) mass is 404 g/mol. The second-order valence-electron chi connectivity index (χ2n) is 5.98. The molecule has 0 radical (unpaired) electrons. The number of hydrogen-bond acceptors (Lipinski definition) is 2. The fourth-order valence-corrected chi connectivity index (χ4v) is 3.72. The van der Waals surface area contributed by atoms with Crippen LogP contribution in [0.2, 0.25) is 0 Å². The van der Waals surface area contributed by atoms with Crippen LogP contribution < -0.4 is 0 Å². The molecule has 0 aromatic heterocycles. The summed E-state index contributed by atoms with van der Waals surface area (Å²) in [5.41, 5.74) is 1.48. The number of carbonyl (C=O) groups excluding carboxylic acids is 1. The fourth-order valence-electron chi connectivity index (χ4n) is 2.54. The van der Waals surface area contributed by atoms with E-state index in [1.165, 1.54) is 43.4 Å². The summed E-state index contributed by atoms with van der Waals surface area (Å²) >= 11 is 5.28. The van der Waals surface area contributed by atoms with Gasteiger partial charge in [0.15, 0.2) is 5.78 Å². The molecule has 0 saturated carbocycles. The second kappa shape index (κ2) is 10.7. The Balaban J connectivity index is 1.78. The van der Waals surface area contributed by atoms with Crippen molar-refractivity contribution < 1.29 is 4.79 Å². The standard InChI is InChI=1S/C21H25BrOS/c1-2-3-4-5-6-7-16-24-20-14-10-18(11-15-20)21(23)17-8-12-19(22)13-9-17/h8-15H,2-7,16H2,1H3. The van der Waals surface area contributed by atoms with Crippen LogP contribution in [0.3, 0.4) is 0 Å². The molecule has 0 unspecified atom stereocenters. The van der Waals surface area contributed by atoms with Gasteiger partial charge in [0.05, 0.1) is 0 Å². The predicted octanol–water partition coefficient (Wildman–Crippen LogP) is 7.13. The molecule has 0 saturated heterocycles. The van der Waals surface area contributed by atoms with E-state index in [-0.39, 0.29) is 5.78 Å². The first kappa shape index (κ1) is 19.3. The van der Waals surface area contributed by atoms with Crippen LogP contribution in [-0.4, -0.2) is 11.5 Å². The van der Waals surface area contributed by atoms with E-state index in [0.717, 1.165) is 21.4 Å². The van der Waals surface area contributed by atoms with Gasteiger partial charge in [0.1, 0.15) is 0 Å². The van der Waals surface area contributed by atoms with Gasteiger partial charge in [0, 0.05) is 20.5 Å². The lowest BCUT2D eigenvalue weighted by atomic mass is 10.0. The Kier molecular flexibility index (Phi) is 8.62. The maximum Gasteiger partial charge on any atom is 0.193 e. The molecule has 24 heavy (non-hydrogen) atoms. The molecule has 2 aromatic rings. The minimum Gasteiger partial charge on any atom is -0.289 e. The zero-order valence-electron chi connectivity index (χ0n) is 14.3. The van der Waals surface area contributed by atoms with Crippen molar-refractivity contribution in [2.24, 2.45) is 0 Å². The van der Waals surface area contributed by atoms with Gasteiger partial charge in [-0.05, 0) is 60.7 Å². The first-order chi connectivity index (χ1) is 11.7. The van der Waals surface area contributed by atoms with Crippen LogP contribution in [0, 0.1) is 0 Å².